The van der Waals surface area contributed by atoms with Crippen molar-refractivity contribution in [2.45, 2.75) is 31.6 Å². The molecule has 1 fully saturated rings. The van der Waals surface area contributed by atoms with Gasteiger partial charge >= 0.3 is 5.97 Å². The lowest BCUT2D eigenvalue weighted by Gasteiger charge is -2.23. The Morgan fingerprint density at radius 3 is 2.69 bits per heavy atom. The Balaban J connectivity index is 2.55. The summed E-state index contributed by atoms with van der Waals surface area (Å²) in [5.41, 5.74) is 5.30. The Morgan fingerprint density at radius 1 is 1.69 bits per heavy atom. The van der Waals surface area contributed by atoms with Crippen LogP contribution in [0, 0.1) is 5.92 Å². The lowest BCUT2D eigenvalue weighted by molar-refractivity contribution is -0.142. The van der Waals surface area contributed by atoms with Crippen LogP contribution in [0.2, 0.25) is 0 Å². The number of nitrogens with two attached hydrogens (primary N) is 1. The number of hydrogen-bond acceptors (Lipinski definition) is 4. The van der Waals surface area contributed by atoms with Gasteiger partial charge in [0.05, 0.1) is 12.2 Å². The lowest BCUT2D eigenvalue weighted by atomic mass is 9.91. The first-order valence-electron chi connectivity index (χ1n) is 4.32. The Hall–Kier alpha value is -0.650. The van der Waals surface area contributed by atoms with E-state index < -0.39 is 18.1 Å². The van der Waals surface area contributed by atoms with E-state index in [4.69, 9.17) is 15.6 Å². The first-order valence-corrected chi connectivity index (χ1v) is 4.32. The molecule has 0 radical (unpaired) electrons. The minimum atomic E-state index is -1.21. The molecule has 0 aliphatic carbocycles. The lowest BCUT2D eigenvalue weighted by Crippen LogP contribution is -2.47. The molecule has 0 saturated carbocycles. The standard InChI is InChI=1S/C8H15NO4/c1-4-5(2-3-13-4)7(10)6(9)8(11)12/h4-7,10H,2-3,9H2,1H3,(H,11,12). The molecule has 0 aromatic rings. The van der Waals surface area contributed by atoms with Crippen molar-refractivity contribution in [3.63, 3.8) is 0 Å². The average molecular weight is 189 g/mol. The molecule has 0 bridgehead atoms. The van der Waals surface area contributed by atoms with Gasteiger partial charge in [-0.2, -0.15) is 0 Å². The number of carbonyl (C=O) groups is 1. The maximum absolute atomic E-state index is 10.5. The Bertz CT molecular complexity index is 197. The van der Waals surface area contributed by atoms with Crippen LogP contribution >= 0.6 is 0 Å². The maximum Gasteiger partial charge on any atom is 0.323 e. The van der Waals surface area contributed by atoms with Gasteiger partial charge in [0.1, 0.15) is 6.04 Å². The highest BCUT2D eigenvalue weighted by Gasteiger charge is 2.36. The Labute approximate surface area is 76.5 Å². The first-order chi connectivity index (χ1) is 6.04. The molecule has 4 unspecified atom stereocenters. The van der Waals surface area contributed by atoms with Crippen molar-refractivity contribution in [2.24, 2.45) is 11.7 Å². The minimum Gasteiger partial charge on any atom is -0.480 e. The van der Waals surface area contributed by atoms with Gasteiger partial charge in [-0.3, -0.25) is 4.79 Å². The summed E-state index contributed by atoms with van der Waals surface area (Å²) in [6.07, 6.45) is -0.459. The van der Waals surface area contributed by atoms with Crippen molar-refractivity contribution in [1.82, 2.24) is 0 Å². The van der Waals surface area contributed by atoms with Crippen LogP contribution in [0.15, 0.2) is 0 Å². The number of aliphatic hydroxyl groups is 1. The van der Waals surface area contributed by atoms with Crippen molar-refractivity contribution >= 4 is 5.97 Å². The largest absolute Gasteiger partial charge is 0.480 e. The molecule has 0 aromatic heterocycles. The molecule has 0 amide bonds. The van der Waals surface area contributed by atoms with Gasteiger partial charge in [0, 0.05) is 12.5 Å². The fourth-order valence-corrected chi connectivity index (χ4v) is 1.61. The van der Waals surface area contributed by atoms with Gasteiger partial charge in [0.25, 0.3) is 0 Å². The molecule has 13 heavy (non-hydrogen) atoms. The predicted octanol–water partition coefficient (Wildman–Crippen LogP) is -0.816. The van der Waals surface area contributed by atoms with Crippen LogP contribution < -0.4 is 5.73 Å². The van der Waals surface area contributed by atoms with E-state index in [0.717, 1.165) is 0 Å². The average Bonchev–Trinajstić information content (AvgIpc) is 2.48. The van der Waals surface area contributed by atoms with Crippen LogP contribution in [0.1, 0.15) is 13.3 Å². The van der Waals surface area contributed by atoms with Crippen molar-refractivity contribution in [3.8, 4) is 0 Å². The summed E-state index contributed by atoms with van der Waals surface area (Å²) in [5.74, 6) is -1.34. The highest BCUT2D eigenvalue weighted by atomic mass is 16.5. The Kier molecular flexibility index (Phi) is 3.24. The number of rotatable bonds is 3. The molecule has 1 aliphatic heterocycles. The second-order valence-corrected chi connectivity index (χ2v) is 3.38. The van der Waals surface area contributed by atoms with Gasteiger partial charge < -0.3 is 20.7 Å². The van der Waals surface area contributed by atoms with Crippen LogP contribution in [0.4, 0.5) is 0 Å². The van der Waals surface area contributed by atoms with Crippen LogP contribution in [0.3, 0.4) is 0 Å². The zero-order valence-corrected chi connectivity index (χ0v) is 7.51. The summed E-state index contributed by atoms with van der Waals surface area (Å²) in [7, 11) is 0. The summed E-state index contributed by atoms with van der Waals surface area (Å²) in [5, 5.41) is 18.1. The van der Waals surface area contributed by atoms with Crippen molar-refractivity contribution in [2.75, 3.05) is 6.61 Å². The number of aliphatic carboxylic acids is 1. The normalized spacial score (nSPS) is 32.8. The molecular formula is C8H15NO4. The van der Waals surface area contributed by atoms with Gasteiger partial charge in [-0.1, -0.05) is 0 Å². The third kappa shape index (κ3) is 2.18. The molecule has 0 spiro atoms. The summed E-state index contributed by atoms with van der Waals surface area (Å²) in [4.78, 5) is 10.5. The van der Waals surface area contributed by atoms with E-state index >= 15 is 0 Å². The quantitative estimate of drug-likeness (QED) is 0.539. The van der Waals surface area contributed by atoms with Crippen molar-refractivity contribution < 1.29 is 19.7 Å². The molecule has 4 N–H and O–H groups in total. The summed E-state index contributed by atoms with van der Waals surface area (Å²) < 4.78 is 5.21. The number of carboxylic acids is 1. The van der Waals surface area contributed by atoms with Crippen LogP contribution in [-0.2, 0) is 9.53 Å². The molecule has 1 saturated heterocycles. The van der Waals surface area contributed by atoms with E-state index in [-0.39, 0.29) is 12.0 Å². The molecule has 1 rings (SSSR count). The van der Waals surface area contributed by atoms with E-state index in [1.807, 2.05) is 6.92 Å². The number of ether oxygens (including phenoxy) is 1. The van der Waals surface area contributed by atoms with Crippen molar-refractivity contribution in [1.29, 1.82) is 0 Å². The molecule has 5 nitrogen and oxygen atoms in total. The number of carboxylic acid groups (broad SMARTS) is 1. The highest BCUT2D eigenvalue weighted by Crippen LogP contribution is 2.25. The van der Waals surface area contributed by atoms with Crippen LogP contribution in [0.25, 0.3) is 0 Å². The topological polar surface area (TPSA) is 92.8 Å². The van der Waals surface area contributed by atoms with E-state index in [1.165, 1.54) is 0 Å². The zero-order chi connectivity index (χ0) is 10.0. The molecular weight excluding hydrogens is 174 g/mol. The Morgan fingerprint density at radius 2 is 2.31 bits per heavy atom. The van der Waals surface area contributed by atoms with Gasteiger partial charge in [0.2, 0.25) is 0 Å². The smallest absolute Gasteiger partial charge is 0.323 e. The van der Waals surface area contributed by atoms with Gasteiger partial charge in [-0.25, -0.2) is 0 Å². The van der Waals surface area contributed by atoms with E-state index in [0.29, 0.717) is 13.0 Å². The van der Waals surface area contributed by atoms with Crippen LogP contribution in [0.5, 0.6) is 0 Å². The minimum absolute atomic E-state index is 0.111. The van der Waals surface area contributed by atoms with Gasteiger partial charge in [0.15, 0.2) is 0 Å². The SMILES string of the molecule is CC1OCCC1C(O)C(N)C(=O)O. The van der Waals surface area contributed by atoms with Crippen molar-refractivity contribution in [3.05, 3.63) is 0 Å². The van der Waals surface area contributed by atoms with E-state index in [9.17, 15) is 9.90 Å². The molecule has 4 atom stereocenters. The van der Waals surface area contributed by atoms with Crippen LogP contribution in [-0.4, -0.2) is 41.0 Å². The molecule has 0 aromatic carbocycles. The molecule has 1 heterocycles. The van der Waals surface area contributed by atoms with Gasteiger partial charge in [-0.05, 0) is 13.3 Å². The van der Waals surface area contributed by atoms with Gasteiger partial charge in [-0.15, -0.1) is 0 Å². The zero-order valence-electron chi connectivity index (χ0n) is 7.51. The molecule has 1 aliphatic rings. The summed E-state index contributed by atoms with van der Waals surface area (Å²) in [6.45, 7) is 2.38. The summed E-state index contributed by atoms with van der Waals surface area (Å²) >= 11 is 0. The monoisotopic (exact) mass is 189 g/mol. The fourth-order valence-electron chi connectivity index (χ4n) is 1.61. The van der Waals surface area contributed by atoms with E-state index in [1.54, 1.807) is 0 Å². The highest BCUT2D eigenvalue weighted by molar-refractivity contribution is 5.73. The third-order valence-corrected chi connectivity index (χ3v) is 2.53. The fraction of sp³-hybridized carbons (Fsp3) is 0.875. The second-order valence-electron chi connectivity index (χ2n) is 3.38. The number of hydrogen-bond donors (Lipinski definition) is 3. The van der Waals surface area contributed by atoms with E-state index in [2.05, 4.69) is 0 Å². The predicted molar refractivity (Wildman–Crippen MR) is 45.1 cm³/mol. The molecule has 76 valence electrons. The number of aliphatic hydroxyl groups excluding tert-OH is 1. The molecule has 5 heteroatoms. The first kappa shape index (κ1) is 10.4. The maximum atomic E-state index is 10.5. The third-order valence-electron chi connectivity index (χ3n) is 2.53. The summed E-state index contributed by atoms with van der Waals surface area (Å²) in [6, 6.07) is -1.21. The second kappa shape index (κ2) is 4.04.